The number of anilines is 2. The Labute approximate surface area is 127 Å². The van der Waals surface area contributed by atoms with E-state index in [1.807, 2.05) is 6.26 Å². The zero-order valence-corrected chi connectivity index (χ0v) is 13.6. The molecule has 2 heterocycles. The molecule has 112 valence electrons. The lowest BCUT2D eigenvalue weighted by Gasteiger charge is -2.17. The standard InChI is InChI=1S/C13H20N2O3S2/c1-4-18-13(16)11-9(14)10(19-3)12(20-11)15-6-5-8(7-15)17-2/h8H,4-7,14H2,1-3H3. The van der Waals surface area contributed by atoms with Gasteiger partial charge in [0.25, 0.3) is 0 Å². The third-order valence-electron chi connectivity index (χ3n) is 3.31. The Balaban J connectivity index is 2.29. The van der Waals surface area contributed by atoms with Crippen LogP contribution < -0.4 is 10.6 Å². The quantitative estimate of drug-likeness (QED) is 0.665. The Morgan fingerprint density at radius 2 is 2.35 bits per heavy atom. The molecule has 0 bridgehead atoms. The van der Waals surface area contributed by atoms with Crippen molar-refractivity contribution in [3.05, 3.63) is 4.88 Å². The molecule has 1 saturated heterocycles. The van der Waals surface area contributed by atoms with E-state index in [2.05, 4.69) is 4.90 Å². The molecule has 0 radical (unpaired) electrons. The van der Waals surface area contributed by atoms with Gasteiger partial charge in [-0.3, -0.25) is 0 Å². The fourth-order valence-electron chi connectivity index (χ4n) is 2.28. The van der Waals surface area contributed by atoms with Gasteiger partial charge >= 0.3 is 5.97 Å². The first kappa shape index (κ1) is 15.5. The van der Waals surface area contributed by atoms with E-state index in [4.69, 9.17) is 15.2 Å². The fourth-order valence-corrected chi connectivity index (χ4v) is 4.39. The number of hydrogen-bond acceptors (Lipinski definition) is 7. The van der Waals surface area contributed by atoms with Crippen molar-refractivity contribution in [1.82, 2.24) is 0 Å². The molecule has 1 atom stereocenters. The number of nitrogens with zero attached hydrogens (tertiary/aromatic N) is 1. The smallest absolute Gasteiger partial charge is 0.350 e. The van der Waals surface area contributed by atoms with Crippen molar-refractivity contribution in [2.45, 2.75) is 24.3 Å². The van der Waals surface area contributed by atoms with Crippen LogP contribution >= 0.6 is 23.1 Å². The van der Waals surface area contributed by atoms with E-state index in [0.29, 0.717) is 17.2 Å². The van der Waals surface area contributed by atoms with Crippen molar-refractivity contribution in [3.63, 3.8) is 0 Å². The van der Waals surface area contributed by atoms with Gasteiger partial charge in [0.05, 0.1) is 23.3 Å². The second-order valence-corrected chi connectivity index (χ2v) is 6.31. The maximum absolute atomic E-state index is 11.9. The van der Waals surface area contributed by atoms with Gasteiger partial charge in [0.1, 0.15) is 9.88 Å². The molecule has 0 aromatic carbocycles. The van der Waals surface area contributed by atoms with Crippen LogP contribution in [0.4, 0.5) is 10.7 Å². The van der Waals surface area contributed by atoms with E-state index in [1.54, 1.807) is 25.8 Å². The lowest BCUT2D eigenvalue weighted by atomic mass is 10.3. The number of thioether (sulfide) groups is 1. The molecule has 20 heavy (non-hydrogen) atoms. The van der Waals surface area contributed by atoms with E-state index in [-0.39, 0.29) is 12.1 Å². The molecule has 0 aliphatic carbocycles. The normalized spacial score (nSPS) is 18.6. The molecular formula is C13H20N2O3S2. The Kier molecular flexibility index (Phi) is 5.17. The first-order chi connectivity index (χ1) is 9.62. The number of methoxy groups -OCH3 is 1. The van der Waals surface area contributed by atoms with Gasteiger partial charge in [0.2, 0.25) is 0 Å². The fraction of sp³-hybridized carbons (Fsp3) is 0.615. The summed E-state index contributed by atoms with van der Waals surface area (Å²) in [5.74, 6) is -0.334. The summed E-state index contributed by atoms with van der Waals surface area (Å²) in [6, 6.07) is 0. The Morgan fingerprint density at radius 1 is 1.60 bits per heavy atom. The van der Waals surface area contributed by atoms with E-state index in [0.717, 1.165) is 29.4 Å². The van der Waals surface area contributed by atoms with Crippen LogP contribution in [0.15, 0.2) is 4.90 Å². The molecule has 1 aromatic rings. The first-order valence-electron chi connectivity index (χ1n) is 6.53. The highest BCUT2D eigenvalue weighted by molar-refractivity contribution is 7.99. The summed E-state index contributed by atoms with van der Waals surface area (Å²) >= 11 is 2.99. The number of thiophene rings is 1. The molecular weight excluding hydrogens is 296 g/mol. The molecule has 0 saturated carbocycles. The van der Waals surface area contributed by atoms with Crippen molar-refractivity contribution < 1.29 is 14.3 Å². The van der Waals surface area contributed by atoms with Crippen LogP contribution in [-0.2, 0) is 9.47 Å². The zero-order valence-electron chi connectivity index (χ0n) is 12.0. The molecule has 5 nitrogen and oxygen atoms in total. The van der Waals surface area contributed by atoms with Crippen LogP contribution in [0.2, 0.25) is 0 Å². The summed E-state index contributed by atoms with van der Waals surface area (Å²) in [4.78, 5) is 15.7. The van der Waals surface area contributed by atoms with Gasteiger partial charge in [0.15, 0.2) is 0 Å². The van der Waals surface area contributed by atoms with Crippen LogP contribution in [0.25, 0.3) is 0 Å². The number of ether oxygens (including phenoxy) is 2. The highest BCUT2D eigenvalue weighted by Crippen LogP contribution is 2.45. The largest absolute Gasteiger partial charge is 0.462 e. The number of hydrogen-bond donors (Lipinski definition) is 1. The SMILES string of the molecule is CCOC(=O)c1sc(N2CCC(OC)C2)c(SC)c1N. The van der Waals surface area contributed by atoms with Crippen LogP contribution in [-0.4, -0.2) is 45.1 Å². The van der Waals surface area contributed by atoms with Gasteiger partial charge in [-0.15, -0.1) is 23.1 Å². The maximum atomic E-state index is 11.9. The maximum Gasteiger partial charge on any atom is 0.350 e. The van der Waals surface area contributed by atoms with Crippen molar-refractivity contribution >= 4 is 39.8 Å². The molecule has 0 spiro atoms. The number of rotatable bonds is 5. The summed E-state index contributed by atoms with van der Waals surface area (Å²) in [6.07, 6.45) is 3.22. The minimum atomic E-state index is -0.334. The topological polar surface area (TPSA) is 64.8 Å². The molecule has 1 aliphatic rings. The number of nitrogens with two attached hydrogens (primary N) is 1. The van der Waals surface area contributed by atoms with Gasteiger partial charge in [-0.2, -0.15) is 0 Å². The van der Waals surface area contributed by atoms with Crippen LogP contribution in [0.1, 0.15) is 23.0 Å². The summed E-state index contributed by atoms with van der Waals surface area (Å²) < 4.78 is 10.5. The third-order valence-corrected chi connectivity index (χ3v) is 5.51. The number of nitrogen functional groups attached to an aromatic ring is 1. The molecule has 1 unspecified atom stereocenters. The van der Waals surface area contributed by atoms with Gasteiger partial charge < -0.3 is 20.1 Å². The predicted molar refractivity (Wildman–Crippen MR) is 84.1 cm³/mol. The highest BCUT2D eigenvalue weighted by atomic mass is 32.2. The van der Waals surface area contributed by atoms with Gasteiger partial charge in [-0.25, -0.2) is 4.79 Å². The summed E-state index contributed by atoms with van der Waals surface area (Å²) in [7, 11) is 1.73. The van der Waals surface area contributed by atoms with Crippen molar-refractivity contribution in [2.75, 3.05) is 43.7 Å². The Hall–Kier alpha value is -0.920. The number of esters is 1. The number of carbonyl (C=O) groups is 1. The minimum Gasteiger partial charge on any atom is -0.462 e. The second-order valence-electron chi connectivity index (χ2n) is 4.50. The van der Waals surface area contributed by atoms with Crippen LogP contribution in [0.3, 0.4) is 0 Å². The average molecular weight is 316 g/mol. The lowest BCUT2D eigenvalue weighted by Crippen LogP contribution is -2.21. The molecule has 1 aliphatic heterocycles. The average Bonchev–Trinajstić information content (AvgIpc) is 3.02. The molecule has 0 amide bonds. The van der Waals surface area contributed by atoms with E-state index in [1.165, 1.54) is 11.3 Å². The van der Waals surface area contributed by atoms with Crippen LogP contribution in [0, 0.1) is 0 Å². The lowest BCUT2D eigenvalue weighted by molar-refractivity contribution is 0.0533. The predicted octanol–water partition coefficient (Wildman–Crippen LogP) is 2.45. The van der Waals surface area contributed by atoms with E-state index < -0.39 is 0 Å². The monoisotopic (exact) mass is 316 g/mol. The molecule has 1 fully saturated rings. The molecule has 2 N–H and O–H groups in total. The van der Waals surface area contributed by atoms with Gasteiger partial charge in [-0.05, 0) is 19.6 Å². The van der Waals surface area contributed by atoms with Gasteiger partial charge in [0, 0.05) is 20.2 Å². The highest BCUT2D eigenvalue weighted by Gasteiger charge is 2.29. The summed E-state index contributed by atoms with van der Waals surface area (Å²) in [5, 5.41) is 1.05. The van der Waals surface area contributed by atoms with Crippen molar-refractivity contribution in [3.8, 4) is 0 Å². The van der Waals surface area contributed by atoms with Gasteiger partial charge in [-0.1, -0.05) is 0 Å². The minimum absolute atomic E-state index is 0.249. The Bertz CT molecular complexity index is 490. The molecule has 1 aromatic heterocycles. The molecule has 7 heteroatoms. The first-order valence-corrected chi connectivity index (χ1v) is 8.57. The third kappa shape index (κ3) is 2.89. The van der Waals surface area contributed by atoms with E-state index in [9.17, 15) is 4.79 Å². The zero-order chi connectivity index (χ0) is 14.7. The second kappa shape index (κ2) is 6.69. The summed E-state index contributed by atoms with van der Waals surface area (Å²) in [5.41, 5.74) is 6.65. The van der Waals surface area contributed by atoms with E-state index >= 15 is 0 Å². The Morgan fingerprint density at radius 3 is 2.90 bits per heavy atom. The number of carbonyl (C=O) groups excluding carboxylic acids is 1. The van der Waals surface area contributed by atoms with Crippen molar-refractivity contribution in [2.24, 2.45) is 0 Å². The van der Waals surface area contributed by atoms with Crippen LogP contribution in [0.5, 0.6) is 0 Å². The molecule has 2 rings (SSSR count). The summed E-state index contributed by atoms with van der Waals surface area (Å²) in [6.45, 7) is 3.91. The van der Waals surface area contributed by atoms with Crippen molar-refractivity contribution in [1.29, 1.82) is 0 Å².